The SMILES string of the molecule is COC1CN(C(CN)c2c(Cl)cccc2Cl)CC1OC. The Morgan fingerprint density at radius 1 is 1.20 bits per heavy atom. The number of methoxy groups -OCH3 is 2. The number of hydrogen-bond acceptors (Lipinski definition) is 4. The Kier molecular flexibility index (Phi) is 5.66. The van der Waals surface area contributed by atoms with Crippen LogP contribution in [0.5, 0.6) is 0 Å². The summed E-state index contributed by atoms with van der Waals surface area (Å²) < 4.78 is 10.9. The third-order valence-electron chi connectivity index (χ3n) is 3.85. The molecule has 1 aliphatic rings. The number of nitrogens with zero attached hydrogens (tertiary/aromatic N) is 1. The lowest BCUT2D eigenvalue weighted by Crippen LogP contribution is -2.33. The Labute approximate surface area is 129 Å². The molecule has 20 heavy (non-hydrogen) atoms. The van der Waals surface area contributed by atoms with Gasteiger partial charge in [0.05, 0.1) is 18.2 Å². The quantitative estimate of drug-likeness (QED) is 0.905. The molecule has 3 atom stereocenters. The predicted molar refractivity (Wildman–Crippen MR) is 81.4 cm³/mol. The van der Waals surface area contributed by atoms with Crippen molar-refractivity contribution in [1.82, 2.24) is 4.90 Å². The molecule has 3 unspecified atom stereocenters. The summed E-state index contributed by atoms with van der Waals surface area (Å²) in [6.45, 7) is 1.94. The van der Waals surface area contributed by atoms with Gasteiger partial charge in [0, 0.05) is 49.5 Å². The highest BCUT2D eigenvalue weighted by atomic mass is 35.5. The predicted octanol–water partition coefficient (Wildman–Crippen LogP) is 2.34. The number of rotatable bonds is 5. The van der Waals surface area contributed by atoms with Crippen LogP contribution in [-0.4, -0.2) is 51.0 Å². The van der Waals surface area contributed by atoms with E-state index in [1.54, 1.807) is 14.2 Å². The Bertz CT molecular complexity index is 427. The maximum Gasteiger partial charge on any atom is 0.0972 e. The van der Waals surface area contributed by atoms with Crippen molar-refractivity contribution in [3.05, 3.63) is 33.8 Å². The molecule has 0 saturated carbocycles. The molecule has 2 rings (SSSR count). The van der Waals surface area contributed by atoms with Crippen LogP contribution in [0.25, 0.3) is 0 Å². The summed E-state index contributed by atoms with van der Waals surface area (Å²) in [6.07, 6.45) is 0.0747. The van der Waals surface area contributed by atoms with E-state index < -0.39 is 0 Å². The van der Waals surface area contributed by atoms with Crippen molar-refractivity contribution in [3.8, 4) is 0 Å². The normalized spacial score (nSPS) is 25.1. The highest BCUT2D eigenvalue weighted by Crippen LogP contribution is 2.35. The van der Waals surface area contributed by atoms with E-state index in [9.17, 15) is 0 Å². The second-order valence-corrected chi connectivity index (χ2v) is 5.70. The summed E-state index contributed by atoms with van der Waals surface area (Å²) in [6, 6.07) is 5.47. The van der Waals surface area contributed by atoms with Crippen LogP contribution in [0.3, 0.4) is 0 Å². The molecule has 1 heterocycles. The highest BCUT2D eigenvalue weighted by Gasteiger charge is 2.37. The third kappa shape index (κ3) is 3.11. The minimum Gasteiger partial charge on any atom is -0.377 e. The molecule has 0 aromatic heterocycles. The molecule has 1 aliphatic heterocycles. The summed E-state index contributed by atoms with van der Waals surface area (Å²) >= 11 is 12.6. The van der Waals surface area contributed by atoms with Crippen molar-refractivity contribution < 1.29 is 9.47 Å². The first kappa shape index (κ1) is 16.0. The first-order chi connectivity index (χ1) is 9.62. The van der Waals surface area contributed by atoms with Crippen LogP contribution in [0.4, 0.5) is 0 Å². The maximum absolute atomic E-state index is 6.29. The zero-order chi connectivity index (χ0) is 14.7. The number of halogens is 2. The molecule has 112 valence electrons. The molecule has 1 aromatic carbocycles. The van der Waals surface area contributed by atoms with Gasteiger partial charge in [0.1, 0.15) is 0 Å². The second kappa shape index (κ2) is 7.07. The molecule has 6 heteroatoms. The fraction of sp³-hybridized carbons (Fsp3) is 0.571. The molecule has 0 radical (unpaired) electrons. The van der Waals surface area contributed by atoms with Gasteiger partial charge in [-0.25, -0.2) is 0 Å². The van der Waals surface area contributed by atoms with Crippen LogP contribution < -0.4 is 5.73 Å². The minimum atomic E-state index is -0.0333. The molecule has 4 nitrogen and oxygen atoms in total. The molecule has 0 bridgehead atoms. The number of likely N-dealkylation sites (tertiary alicyclic amines) is 1. The van der Waals surface area contributed by atoms with Gasteiger partial charge in [0.25, 0.3) is 0 Å². The fourth-order valence-electron chi connectivity index (χ4n) is 2.76. The first-order valence-electron chi connectivity index (χ1n) is 6.56. The Hall–Kier alpha value is -0.360. The zero-order valence-corrected chi connectivity index (χ0v) is 13.2. The van der Waals surface area contributed by atoms with Crippen LogP contribution in [-0.2, 0) is 9.47 Å². The monoisotopic (exact) mass is 318 g/mol. The van der Waals surface area contributed by atoms with E-state index in [4.69, 9.17) is 38.4 Å². The molecular formula is C14H20Cl2N2O2. The Morgan fingerprint density at radius 3 is 2.10 bits per heavy atom. The molecule has 1 fully saturated rings. The zero-order valence-electron chi connectivity index (χ0n) is 11.7. The number of benzene rings is 1. The summed E-state index contributed by atoms with van der Waals surface area (Å²) in [5.41, 5.74) is 6.84. The van der Waals surface area contributed by atoms with Crippen molar-refractivity contribution in [3.63, 3.8) is 0 Å². The van der Waals surface area contributed by atoms with Gasteiger partial charge < -0.3 is 15.2 Å². The average molecular weight is 319 g/mol. The molecule has 0 aliphatic carbocycles. The van der Waals surface area contributed by atoms with E-state index >= 15 is 0 Å². The van der Waals surface area contributed by atoms with Gasteiger partial charge in [-0.3, -0.25) is 4.90 Å². The second-order valence-electron chi connectivity index (χ2n) is 4.89. The van der Waals surface area contributed by atoms with E-state index in [2.05, 4.69) is 4.90 Å². The van der Waals surface area contributed by atoms with E-state index in [0.717, 1.165) is 18.7 Å². The fourth-order valence-corrected chi connectivity index (χ4v) is 3.41. The summed E-state index contributed by atoms with van der Waals surface area (Å²) in [5, 5.41) is 1.28. The van der Waals surface area contributed by atoms with Crippen LogP contribution in [0.1, 0.15) is 11.6 Å². The van der Waals surface area contributed by atoms with Gasteiger partial charge in [0.2, 0.25) is 0 Å². The maximum atomic E-state index is 6.29. The largest absolute Gasteiger partial charge is 0.377 e. The van der Waals surface area contributed by atoms with Crippen LogP contribution in [0.2, 0.25) is 10.0 Å². The molecular weight excluding hydrogens is 299 g/mol. The topological polar surface area (TPSA) is 47.7 Å². The summed E-state index contributed by atoms with van der Waals surface area (Å²) in [5.74, 6) is 0. The van der Waals surface area contributed by atoms with E-state index in [0.29, 0.717) is 16.6 Å². The van der Waals surface area contributed by atoms with E-state index in [1.165, 1.54) is 0 Å². The van der Waals surface area contributed by atoms with Crippen molar-refractivity contribution in [2.24, 2.45) is 5.73 Å². The van der Waals surface area contributed by atoms with Gasteiger partial charge in [0.15, 0.2) is 0 Å². The molecule has 2 N–H and O–H groups in total. The van der Waals surface area contributed by atoms with E-state index in [-0.39, 0.29) is 18.2 Å². The molecule has 1 aromatic rings. The Morgan fingerprint density at radius 2 is 1.70 bits per heavy atom. The summed E-state index contributed by atoms with van der Waals surface area (Å²) in [7, 11) is 3.39. The van der Waals surface area contributed by atoms with Crippen LogP contribution >= 0.6 is 23.2 Å². The number of nitrogens with two attached hydrogens (primary N) is 1. The lowest BCUT2D eigenvalue weighted by molar-refractivity contribution is -0.00461. The smallest absolute Gasteiger partial charge is 0.0972 e. The van der Waals surface area contributed by atoms with Gasteiger partial charge >= 0.3 is 0 Å². The van der Waals surface area contributed by atoms with Gasteiger partial charge in [-0.2, -0.15) is 0 Å². The summed E-state index contributed by atoms with van der Waals surface area (Å²) in [4.78, 5) is 2.22. The van der Waals surface area contributed by atoms with Crippen molar-refractivity contribution >= 4 is 23.2 Å². The highest BCUT2D eigenvalue weighted by molar-refractivity contribution is 6.36. The third-order valence-corrected chi connectivity index (χ3v) is 4.51. The van der Waals surface area contributed by atoms with Crippen molar-refractivity contribution in [1.29, 1.82) is 0 Å². The van der Waals surface area contributed by atoms with Crippen molar-refractivity contribution in [2.45, 2.75) is 18.2 Å². The molecule has 0 spiro atoms. The molecule has 1 saturated heterocycles. The van der Waals surface area contributed by atoms with E-state index in [1.807, 2.05) is 18.2 Å². The van der Waals surface area contributed by atoms with Gasteiger partial charge in [-0.15, -0.1) is 0 Å². The number of ether oxygens (including phenoxy) is 2. The lowest BCUT2D eigenvalue weighted by atomic mass is 10.1. The van der Waals surface area contributed by atoms with Gasteiger partial charge in [-0.05, 0) is 12.1 Å². The number of hydrogen-bond donors (Lipinski definition) is 1. The first-order valence-corrected chi connectivity index (χ1v) is 7.31. The van der Waals surface area contributed by atoms with Crippen molar-refractivity contribution in [2.75, 3.05) is 33.9 Å². The average Bonchev–Trinajstić information content (AvgIpc) is 2.86. The van der Waals surface area contributed by atoms with Gasteiger partial charge in [-0.1, -0.05) is 29.3 Å². The van der Waals surface area contributed by atoms with Crippen LogP contribution in [0, 0.1) is 0 Å². The lowest BCUT2D eigenvalue weighted by Gasteiger charge is -2.28. The van der Waals surface area contributed by atoms with Crippen LogP contribution in [0.15, 0.2) is 18.2 Å². The standard InChI is InChI=1S/C14H20Cl2N2O2/c1-19-12-7-18(8-13(12)20-2)11(6-17)14-9(15)4-3-5-10(14)16/h3-5,11-13H,6-8,17H2,1-2H3. The minimum absolute atomic E-state index is 0.0333. The Balaban J connectivity index is 2.25. The molecule has 0 amide bonds.